The van der Waals surface area contributed by atoms with Crippen molar-refractivity contribution in [3.63, 3.8) is 0 Å². The summed E-state index contributed by atoms with van der Waals surface area (Å²) in [7, 11) is 3.50. The number of methoxy groups -OCH3 is 1. The van der Waals surface area contributed by atoms with Gasteiger partial charge in [0.2, 0.25) is 11.5 Å². The van der Waals surface area contributed by atoms with E-state index in [0.717, 1.165) is 50.8 Å². The van der Waals surface area contributed by atoms with Gasteiger partial charge in [0.15, 0.2) is 11.5 Å². The third kappa shape index (κ3) is 10.2. The van der Waals surface area contributed by atoms with Crippen LogP contribution in [0.3, 0.4) is 0 Å². The first-order valence-corrected chi connectivity index (χ1v) is 17.7. The summed E-state index contributed by atoms with van der Waals surface area (Å²) >= 11 is 0. The maximum absolute atomic E-state index is 14.8. The van der Waals surface area contributed by atoms with Crippen LogP contribution in [0.4, 0.5) is 17.6 Å². The van der Waals surface area contributed by atoms with Gasteiger partial charge in [-0.25, -0.2) is 9.37 Å². The van der Waals surface area contributed by atoms with Gasteiger partial charge in [-0.1, -0.05) is 13.8 Å². The van der Waals surface area contributed by atoms with Gasteiger partial charge < -0.3 is 35.3 Å². The number of halogens is 4. The number of nitrogens with two attached hydrogens (primary N) is 1. The van der Waals surface area contributed by atoms with Gasteiger partial charge in [-0.15, -0.1) is 0 Å². The quantitative estimate of drug-likeness (QED) is 0.166. The number of rotatable bonds is 16. The van der Waals surface area contributed by atoms with E-state index in [4.69, 9.17) is 19.9 Å². The number of nitrogens with zero attached hydrogens (tertiary/aromatic N) is 3. The molecule has 11 nitrogen and oxygen atoms in total. The lowest BCUT2D eigenvalue weighted by atomic mass is 9.79. The van der Waals surface area contributed by atoms with Crippen molar-refractivity contribution in [1.82, 2.24) is 20.1 Å². The molecule has 0 unspecified atom stereocenters. The van der Waals surface area contributed by atoms with Crippen molar-refractivity contribution in [2.24, 2.45) is 11.1 Å². The predicted molar refractivity (Wildman–Crippen MR) is 196 cm³/mol. The molecule has 0 spiro atoms. The van der Waals surface area contributed by atoms with Crippen molar-refractivity contribution in [1.29, 1.82) is 0 Å². The predicted octanol–water partition coefficient (Wildman–Crippen LogP) is 5.32. The smallest absolute Gasteiger partial charge is 0.424 e. The second-order valence-corrected chi connectivity index (χ2v) is 15.1. The molecule has 1 atom stereocenters. The number of amides is 2. The summed E-state index contributed by atoms with van der Waals surface area (Å²) in [4.78, 5) is 34.2. The summed E-state index contributed by atoms with van der Waals surface area (Å²) < 4.78 is 75.5. The molecule has 296 valence electrons. The van der Waals surface area contributed by atoms with Gasteiger partial charge in [0.05, 0.1) is 39.0 Å². The van der Waals surface area contributed by atoms with Crippen LogP contribution in [0.5, 0.6) is 17.2 Å². The number of carbonyl (C=O) groups is 2. The number of ether oxygens (including phenoxy) is 3. The molecule has 2 amide bonds. The van der Waals surface area contributed by atoms with E-state index in [1.165, 1.54) is 37.4 Å². The number of primary amides is 1. The van der Waals surface area contributed by atoms with Crippen molar-refractivity contribution < 1.29 is 46.5 Å². The van der Waals surface area contributed by atoms with Crippen LogP contribution in [0, 0.1) is 11.2 Å². The lowest BCUT2D eigenvalue weighted by molar-refractivity contribution is -0.265. The van der Waals surface area contributed by atoms with Crippen molar-refractivity contribution in [3.8, 4) is 28.5 Å². The molecule has 1 aliphatic heterocycles. The molecule has 3 aromatic rings. The standard InChI is InChI=1S/C39H51F4N5O6/c1-8-53-34-27(21-32(44)49)20-31(46-33(34)25-9-12-28(40)13-10-25)38(51,39(41,42)43)23-45-35(50)26-11-14-29(30(19-26)52-7)54-24-36(2,3)22-37(4,5)48-17-15-47(6)16-18-48/h9-14,19-20,51H,8,15-18,21-24H2,1-7H3,(H2,44,49)(H,45,50)/t38-/m0/s1. The van der Waals surface area contributed by atoms with E-state index < -0.39 is 48.1 Å². The van der Waals surface area contributed by atoms with Crippen LogP contribution >= 0.6 is 0 Å². The molecule has 2 heterocycles. The van der Waals surface area contributed by atoms with E-state index in [1.54, 1.807) is 6.92 Å². The fraction of sp³-hybridized carbons (Fsp3) is 0.513. The van der Waals surface area contributed by atoms with Crippen LogP contribution < -0.4 is 25.3 Å². The highest BCUT2D eigenvalue weighted by atomic mass is 19.4. The fourth-order valence-electron chi connectivity index (χ4n) is 6.82. The summed E-state index contributed by atoms with van der Waals surface area (Å²) in [6.45, 7) is 13.3. The van der Waals surface area contributed by atoms with Crippen LogP contribution in [0.2, 0.25) is 0 Å². The number of hydrogen-bond acceptors (Lipinski definition) is 9. The highest BCUT2D eigenvalue weighted by Gasteiger charge is 2.57. The maximum Gasteiger partial charge on any atom is 0.424 e. The second-order valence-electron chi connectivity index (χ2n) is 15.1. The zero-order valence-corrected chi connectivity index (χ0v) is 31.9. The minimum Gasteiger partial charge on any atom is -0.493 e. The number of piperazine rings is 1. The van der Waals surface area contributed by atoms with Gasteiger partial charge in [0.25, 0.3) is 5.91 Å². The third-order valence-corrected chi connectivity index (χ3v) is 9.53. The Morgan fingerprint density at radius 1 is 0.963 bits per heavy atom. The number of likely N-dealkylation sites (N-methyl/N-ethyl adjacent to an activating group) is 1. The maximum atomic E-state index is 14.8. The van der Waals surface area contributed by atoms with Crippen LogP contribution in [0.25, 0.3) is 11.3 Å². The molecule has 15 heteroatoms. The highest BCUT2D eigenvalue weighted by Crippen LogP contribution is 2.42. The first kappa shape index (κ1) is 42.3. The molecular formula is C39H51F4N5O6. The molecular weight excluding hydrogens is 710 g/mol. The highest BCUT2D eigenvalue weighted by molar-refractivity contribution is 5.95. The molecule has 4 rings (SSSR count). The zero-order chi connectivity index (χ0) is 40.1. The molecule has 0 radical (unpaired) electrons. The average molecular weight is 762 g/mol. The Balaban J connectivity index is 1.57. The summed E-state index contributed by atoms with van der Waals surface area (Å²) in [6.07, 6.45) is -5.09. The van der Waals surface area contributed by atoms with Crippen molar-refractivity contribution in [3.05, 3.63) is 71.2 Å². The molecule has 1 fully saturated rings. The molecule has 1 aromatic heterocycles. The van der Waals surface area contributed by atoms with Gasteiger partial charge in [-0.2, -0.15) is 13.2 Å². The number of carbonyl (C=O) groups excluding carboxylic acids is 2. The Hall–Kier alpha value is -4.47. The summed E-state index contributed by atoms with van der Waals surface area (Å²) in [5, 5.41) is 13.5. The minimum absolute atomic E-state index is 0.0424. The summed E-state index contributed by atoms with van der Waals surface area (Å²) in [6, 6.07) is 9.78. The normalized spacial score (nSPS) is 15.7. The summed E-state index contributed by atoms with van der Waals surface area (Å²) in [5.41, 5.74) is 0.215. The van der Waals surface area contributed by atoms with Crippen LogP contribution in [0.1, 0.15) is 62.7 Å². The van der Waals surface area contributed by atoms with Crippen LogP contribution in [-0.2, 0) is 16.8 Å². The molecule has 0 aliphatic carbocycles. The second kappa shape index (κ2) is 16.9. The van der Waals surface area contributed by atoms with E-state index in [-0.39, 0.29) is 51.4 Å². The first-order chi connectivity index (χ1) is 25.2. The van der Waals surface area contributed by atoms with Crippen molar-refractivity contribution in [2.75, 3.05) is 60.1 Å². The Bertz CT molecular complexity index is 1780. The lowest BCUT2D eigenvalue weighted by Crippen LogP contribution is -2.55. The van der Waals surface area contributed by atoms with Crippen LogP contribution in [0.15, 0.2) is 48.5 Å². The molecule has 1 saturated heterocycles. The molecule has 54 heavy (non-hydrogen) atoms. The van der Waals surface area contributed by atoms with Gasteiger partial charge >= 0.3 is 6.18 Å². The molecule has 2 aromatic carbocycles. The number of hydrogen-bond donors (Lipinski definition) is 3. The van der Waals surface area contributed by atoms with Gasteiger partial charge in [-0.05, 0) is 82.8 Å². The number of aliphatic hydroxyl groups is 1. The monoisotopic (exact) mass is 761 g/mol. The average Bonchev–Trinajstić information content (AvgIpc) is 3.09. The topological polar surface area (TPSA) is 139 Å². The van der Waals surface area contributed by atoms with E-state index in [2.05, 4.69) is 54.8 Å². The Kier molecular flexibility index (Phi) is 13.2. The van der Waals surface area contributed by atoms with E-state index >= 15 is 0 Å². The number of benzene rings is 2. The molecule has 0 bridgehead atoms. The van der Waals surface area contributed by atoms with E-state index in [1.807, 2.05) is 0 Å². The van der Waals surface area contributed by atoms with Crippen LogP contribution in [-0.4, -0.2) is 104 Å². The van der Waals surface area contributed by atoms with Crippen molar-refractivity contribution in [2.45, 2.75) is 64.8 Å². The number of nitrogens with one attached hydrogen (secondary N) is 1. The number of aromatic nitrogens is 1. The third-order valence-electron chi connectivity index (χ3n) is 9.53. The first-order valence-electron chi connectivity index (χ1n) is 17.7. The van der Waals surface area contributed by atoms with Gasteiger partial charge in [-0.3, -0.25) is 14.5 Å². The number of pyridine rings is 1. The largest absolute Gasteiger partial charge is 0.493 e. The fourth-order valence-corrected chi connectivity index (χ4v) is 6.82. The molecule has 4 N–H and O–H groups in total. The Labute approximate surface area is 313 Å². The Morgan fingerprint density at radius 3 is 2.19 bits per heavy atom. The summed E-state index contributed by atoms with van der Waals surface area (Å²) in [5.74, 6) is -1.96. The molecule has 1 aliphatic rings. The molecule has 0 saturated carbocycles. The SMILES string of the molecule is CCOc1c(CC(N)=O)cc([C@@](O)(CNC(=O)c2ccc(OCC(C)(C)CC(C)(C)N3CCN(C)CC3)c(OC)c2)C(F)(F)F)nc1-c1ccc(F)cc1. The van der Waals surface area contributed by atoms with Crippen molar-refractivity contribution >= 4 is 11.8 Å². The zero-order valence-electron chi connectivity index (χ0n) is 31.9. The van der Waals surface area contributed by atoms with Gasteiger partial charge in [0, 0.05) is 53.8 Å². The van der Waals surface area contributed by atoms with E-state index in [0.29, 0.717) is 12.4 Å². The van der Waals surface area contributed by atoms with E-state index in [9.17, 15) is 32.3 Å². The lowest BCUT2D eigenvalue weighted by Gasteiger charge is -2.46. The Morgan fingerprint density at radius 2 is 1.61 bits per heavy atom. The number of alkyl halides is 3. The van der Waals surface area contributed by atoms with Gasteiger partial charge in [0.1, 0.15) is 17.3 Å². The minimum atomic E-state index is -5.37.